The van der Waals surface area contributed by atoms with Crippen molar-refractivity contribution in [3.05, 3.63) is 71.5 Å². The van der Waals surface area contributed by atoms with Crippen LogP contribution < -0.4 is 14.8 Å². The number of hydrogen-bond donors (Lipinski definition) is 1. The molecule has 1 atom stereocenters. The van der Waals surface area contributed by atoms with Crippen LogP contribution in [-0.2, 0) is 11.3 Å². The Bertz CT molecular complexity index is 1020. The van der Waals surface area contributed by atoms with E-state index in [1.807, 2.05) is 35.8 Å². The van der Waals surface area contributed by atoms with Crippen LogP contribution in [0.2, 0.25) is 0 Å². The standard InChI is InChI=1S/C22H23BrN4O3S/c1-4-13-27-21(15(2)30-19-9-5-16(23)6-10-19)25-26-22(27)31-14-20(28)24-17-7-11-18(29-3)12-8-17/h4-12,15H,1,13-14H2,2-3H3,(H,24,28). The second kappa shape index (κ2) is 11.0. The van der Waals surface area contributed by atoms with Crippen molar-refractivity contribution in [2.75, 3.05) is 18.2 Å². The minimum atomic E-state index is -0.323. The summed E-state index contributed by atoms with van der Waals surface area (Å²) < 4.78 is 14.0. The summed E-state index contributed by atoms with van der Waals surface area (Å²) in [5, 5.41) is 12.0. The molecule has 3 aromatic rings. The number of allylic oxidation sites excluding steroid dienone is 1. The van der Waals surface area contributed by atoms with E-state index in [2.05, 4.69) is 38.0 Å². The molecule has 7 nitrogen and oxygen atoms in total. The van der Waals surface area contributed by atoms with E-state index in [0.29, 0.717) is 23.2 Å². The zero-order valence-electron chi connectivity index (χ0n) is 17.2. The summed E-state index contributed by atoms with van der Waals surface area (Å²) in [7, 11) is 1.60. The first-order chi connectivity index (χ1) is 15.0. The minimum absolute atomic E-state index is 0.135. The molecule has 1 heterocycles. The molecule has 162 valence electrons. The fourth-order valence-electron chi connectivity index (χ4n) is 2.78. The molecule has 0 radical (unpaired) electrons. The maximum absolute atomic E-state index is 12.3. The van der Waals surface area contributed by atoms with E-state index in [1.54, 1.807) is 37.5 Å². The molecule has 1 amide bonds. The van der Waals surface area contributed by atoms with Crippen molar-refractivity contribution < 1.29 is 14.3 Å². The van der Waals surface area contributed by atoms with Crippen LogP contribution in [0.4, 0.5) is 5.69 Å². The molecule has 1 N–H and O–H groups in total. The highest BCUT2D eigenvalue weighted by molar-refractivity contribution is 9.10. The Morgan fingerprint density at radius 2 is 1.87 bits per heavy atom. The van der Waals surface area contributed by atoms with Gasteiger partial charge in [0.25, 0.3) is 0 Å². The lowest BCUT2D eigenvalue weighted by atomic mass is 10.3. The molecule has 0 spiro atoms. The number of benzene rings is 2. The zero-order valence-corrected chi connectivity index (χ0v) is 19.6. The smallest absolute Gasteiger partial charge is 0.234 e. The first kappa shape index (κ1) is 22.9. The quantitative estimate of drug-likeness (QED) is 0.306. The van der Waals surface area contributed by atoms with Gasteiger partial charge in [0.2, 0.25) is 5.91 Å². The predicted molar refractivity (Wildman–Crippen MR) is 126 cm³/mol. The SMILES string of the molecule is C=CCn1c(SCC(=O)Nc2ccc(OC)cc2)nnc1C(C)Oc1ccc(Br)cc1. The van der Waals surface area contributed by atoms with Gasteiger partial charge in [0, 0.05) is 16.7 Å². The number of anilines is 1. The highest BCUT2D eigenvalue weighted by Crippen LogP contribution is 2.26. The third-order valence-electron chi connectivity index (χ3n) is 4.25. The molecule has 31 heavy (non-hydrogen) atoms. The lowest BCUT2D eigenvalue weighted by Crippen LogP contribution is -2.15. The molecule has 1 unspecified atom stereocenters. The van der Waals surface area contributed by atoms with Crippen LogP contribution in [0.25, 0.3) is 0 Å². The van der Waals surface area contributed by atoms with Crippen molar-refractivity contribution in [1.29, 1.82) is 0 Å². The van der Waals surface area contributed by atoms with Gasteiger partial charge in [0.1, 0.15) is 11.5 Å². The van der Waals surface area contributed by atoms with Gasteiger partial charge in [-0.05, 0) is 55.5 Å². The van der Waals surface area contributed by atoms with Gasteiger partial charge in [0.05, 0.1) is 12.9 Å². The molecule has 0 saturated heterocycles. The average molecular weight is 503 g/mol. The number of rotatable bonds is 10. The van der Waals surface area contributed by atoms with Gasteiger partial charge in [-0.15, -0.1) is 16.8 Å². The monoisotopic (exact) mass is 502 g/mol. The third-order valence-corrected chi connectivity index (χ3v) is 5.75. The zero-order chi connectivity index (χ0) is 22.2. The molecule has 0 aliphatic carbocycles. The minimum Gasteiger partial charge on any atom is -0.497 e. The van der Waals surface area contributed by atoms with Crippen molar-refractivity contribution in [1.82, 2.24) is 14.8 Å². The number of hydrogen-bond acceptors (Lipinski definition) is 6. The Morgan fingerprint density at radius 3 is 2.52 bits per heavy atom. The number of methoxy groups -OCH3 is 1. The highest BCUT2D eigenvalue weighted by Gasteiger charge is 2.20. The van der Waals surface area contributed by atoms with Crippen LogP contribution in [0.5, 0.6) is 11.5 Å². The number of aromatic nitrogens is 3. The molecular formula is C22H23BrN4O3S. The van der Waals surface area contributed by atoms with E-state index in [9.17, 15) is 4.79 Å². The van der Waals surface area contributed by atoms with E-state index in [1.165, 1.54) is 11.8 Å². The summed E-state index contributed by atoms with van der Waals surface area (Å²) >= 11 is 4.73. The largest absolute Gasteiger partial charge is 0.497 e. The Labute approximate surface area is 194 Å². The molecule has 0 aliphatic heterocycles. The summed E-state index contributed by atoms with van der Waals surface area (Å²) in [6.45, 7) is 6.24. The lowest BCUT2D eigenvalue weighted by molar-refractivity contribution is -0.113. The number of nitrogens with zero attached hydrogens (tertiary/aromatic N) is 3. The molecule has 0 bridgehead atoms. The molecule has 2 aromatic carbocycles. The normalized spacial score (nSPS) is 11.6. The van der Waals surface area contributed by atoms with E-state index < -0.39 is 0 Å². The van der Waals surface area contributed by atoms with Crippen LogP contribution in [0, 0.1) is 0 Å². The third kappa shape index (κ3) is 6.35. The summed E-state index contributed by atoms with van der Waals surface area (Å²) in [5.41, 5.74) is 0.705. The first-order valence-corrected chi connectivity index (χ1v) is 11.3. The molecule has 0 saturated carbocycles. The maximum atomic E-state index is 12.3. The highest BCUT2D eigenvalue weighted by atomic mass is 79.9. The first-order valence-electron chi connectivity index (χ1n) is 9.53. The topological polar surface area (TPSA) is 78.3 Å². The van der Waals surface area contributed by atoms with Gasteiger partial charge < -0.3 is 14.8 Å². The number of carbonyl (C=O) groups is 1. The fourth-order valence-corrected chi connectivity index (χ4v) is 3.80. The lowest BCUT2D eigenvalue weighted by Gasteiger charge is -2.15. The number of halogens is 1. The van der Waals surface area contributed by atoms with Crippen molar-refractivity contribution in [3.63, 3.8) is 0 Å². The molecule has 0 fully saturated rings. The van der Waals surface area contributed by atoms with Crippen LogP contribution in [-0.4, -0.2) is 33.5 Å². The number of nitrogens with one attached hydrogen (secondary N) is 1. The number of ether oxygens (including phenoxy) is 2. The van der Waals surface area contributed by atoms with Crippen LogP contribution in [0.1, 0.15) is 18.9 Å². The summed E-state index contributed by atoms with van der Waals surface area (Å²) in [5.74, 6) is 2.20. The van der Waals surface area contributed by atoms with E-state index in [4.69, 9.17) is 9.47 Å². The molecule has 0 aliphatic rings. The van der Waals surface area contributed by atoms with Crippen molar-refractivity contribution >= 4 is 39.3 Å². The number of carbonyl (C=O) groups excluding carboxylic acids is 1. The summed E-state index contributed by atoms with van der Waals surface area (Å²) in [6, 6.07) is 14.8. The van der Waals surface area contributed by atoms with E-state index >= 15 is 0 Å². The molecule has 9 heteroatoms. The molecule has 3 rings (SSSR count). The van der Waals surface area contributed by atoms with Gasteiger partial charge in [0.15, 0.2) is 17.1 Å². The van der Waals surface area contributed by atoms with Gasteiger partial charge >= 0.3 is 0 Å². The van der Waals surface area contributed by atoms with Gasteiger partial charge in [-0.2, -0.15) is 0 Å². The van der Waals surface area contributed by atoms with Crippen molar-refractivity contribution in [3.8, 4) is 11.5 Å². The average Bonchev–Trinajstić information content (AvgIpc) is 3.17. The summed E-state index contributed by atoms with van der Waals surface area (Å²) in [4.78, 5) is 12.3. The Morgan fingerprint density at radius 1 is 1.19 bits per heavy atom. The van der Waals surface area contributed by atoms with Crippen LogP contribution in [0.15, 0.2) is 70.8 Å². The van der Waals surface area contributed by atoms with Crippen molar-refractivity contribution in [2.45, 2.75) is 24.7 Å². The Kier molecular flexibility index (Phi) is 8.13. The van der Waals surface area contributed by atoms with E-state index in [-0.39, 0.29) is 17.8 Å². The molecular weight excluding hydrogens is 480 g/mol. The van der Waals surface area contributed by atoms with Gasteiger partial charge in [-0.1, -0.05) is 33.8 Å². The Balaban J connectivity index is 1.64. The maximum Gasteiger partial charge on any atom is 0.234 e. The van der Waals surface area contributed by atoms with E-state index in [0.717, 1.165) is 16.0 Å². The number of thioether (sulfide) groups is 1. The van der Waals surface area contributed by atoms with Gasteiger partial charge in [-0.25, -0.2) is 0 Å². The number of amides is 1. The van der Waals surface area contributed by atoms with Crippen LogP contribution in [0.3, 0.4) is 0 Å². The molecule has 1 aromatic heterocycles. The van der Waals surface area contributed by atoms with Crippen LogP contribution >= 0.6 is 27.7 Å². The summed E-state index contributed by atoms with van der Waals surface area (Å²) in [6.07, 6.45) is 1.44. The van der Waals surface area contributed by atoms with Gasteiger partial charge in [-0.3, -0.25) is 9.36 Å². The fraction of sp³-hybridized carbons (Fsp3) is 0.227. The second-order valence-electron chi connectivity index (χ2n) is 6.52. The second-order valence-corrected chi connectivity index (χ2v) is 8.38. The van der Waals surface area contributed by atoms with Crippen molar-refractivity contribution in [2.24, 2.45) is 0 Å². The Hall–Kier alpha value is -2.78. The predicted octanol–water partition coefficient (Wildman–Crippen LogP) is 5.11.